The zero-order valence-corrected chi connectivity index (χ0v) is 19.3. The fourth-order valence-corrected chi connectivity index (χ4v) is 4.18. The van der Waals surface area contributed by atoms with Crippen molar-refractivity contribution in [3.8, 4) is 0 Å². The van der Waals surface area contributed by atoms with Gasteiger partial charge in [0.15, 0.2) is 30.1 Å². The van der Waals surface area contributed by atoms with E-state index < -0.39 is 36.2 Å². The summed E-state index contributed by atoms with van der Waals surface area (Å²) in [5, 5.41) is 0. The molecular weight excluding hydrogens is 388 g/mol. The van der Waals surface area contributed by atoms with E-state index in [1.54, 1.807) is 6.92 Å². The van der Waals surface area contributed by atoms with Gasteiger partial charge in [0.1, 0.15) is 12.2 Å². The Hall–Kier alpha value is -0.990. The maximum atomic E-state index is 12.8. The summed E-state index contributed by atoms with van der Waals surface area (Å²) in [4.78, 5) is 12.8. The van der Waals surface area contributed by atoms with E-state index in [9.17, 15) is 4.79 Å². The third kappa shape index (κ3) is 5.82. The van der Waals surface area contributed by atoms with Gasteiger partial charge in [-0.15, -0.1) is 0 Å². The molecular formula is C23H38O7. The first-order valence-electron chi connectivity index (χ1n) is 11.3. The molecule has 0 N–H and O–H groups in total. The van der Waals surface area contributed by atoms with Gasteiger partial charge in [-0.25, -0.2) is 4.79 Å². The lowest BCUT2D eigenvalue weighted by molar-refractivity contribution is -0.234. The molecule has 0 radical (unpaired) electrons. The molecule has 5 atom stereocenters. The number of carbonyl (C=O) groups excluding carboxylic acids is 1. The normalized spacial score (nSPS) is 34.9. The van der Waals surface area contributed by atoms with Gasteiger partial charge in [0, 0.05) is 5.57 Å². The third-order valence-corrected chi connectivity index (χ3v) is 5.75. The third-order valence-electron chi connectivity index (χ3n) is 5.75. The number of fused-ring (bicyclic) bond motifs is 1. The summed E-state index contributed by atoms with van der Waals surface area (Å²) < 4.78 is 35.5. The van der Waals surface area contributed by atoms with Crippen molar-refractivity contribution in [1.82, 2.24) is 0 Å². The second-order valence-electron chi connectivity index (χ2n) is 9.40. The lowest BCUT2D eigenvalue weighted by Crippen LogP contribution is -2.45. The topological polar surface area (TPSA) is 72.5 Å². The molecule has 7 heteroatoms. The molecule has 30 heavy (non-hydrogen) atoms. The Labute approximate surface area is 180 Å². The van der Waals surface area contributed by atoms with Crippen LogP contribution in [-0.4, -0.2) is 54.9 Å². The number of hydrogen-bond donors (Lipinski definition) is 0. The number of unbranched alkanes of at least 4 members (excludes halogenated alkanes) is 5. The highest BCUT2D eigenvalue weighted by Gasteiger charge is 2.60. The molecule has 0 aromatic rings. The van der Waals surface area contributed by atoms with Crippen LogP contribution < -0.4 is 0 Å². The Morgan fingerprint density at radius 1 is 1.00 bits per heavy atom. The molecule has 0 bridgehead atoms. The molecule has 3 aliphatic heterocycles. The number of esters is 1. The highest BCUT2D eigenvalue weighted by Crippen LogP contribution is 2.42. The Kier molecular flexibility index (Phi) is 7.62. The zero-order valence-electron chi connectivity index (χ0n) is 19.3. The van der Waals surface area contributed by atoms with E-state index in [0.717, 1.165) is 12.8 Å². The summed E-state index contributed by atoms with van der Waals surface area (Å²) in [7, 11) is 0. The van der Waals surface area contributed by atoms with Crippen molar-refractivity contribution in [3.05, 3.63) is 11.6 Å². The number of allylic oxidation sites excluding steroid dienone is 1. The van der Waals surface area contributed by atoms with Crippen LogP contribution in [0.3, 0.4) is 0 Å². The van der Waals surface area contributed by atoms with Crippen LogP contribution in [0.25, 0.3) is 0 Å². The minimum absolute atomic E-state index is 0.353. The van der Waals surface area contributed by atoms with Crippen molar-refractivity contribution in [3.63, 3.8) is 0 Å². The molecule has 0 aliphatic carbocycles. The lowest BCUT2D eigenvalue weighted by atomic mass is 10.1. The van der Waals surface area contributed by atoms with E-state index in [4.69, 9.17) is 28.4 Å². The maximum absolute atomic E-state index is 12.8. The van der Waals surface area contributed by atoms with Gasteiger partial charge in [0.2, 0.25) is 0 Å². The summed E-state index contributed by atoms with van der Waals surface area (Å²) in [6.07, 6.45) is 6.24. The molecule has 7 nitrogen and oxygen atoms in total. The fraction of sp³-hybridized carbons (Fsp3) is 0.870. The quantitative estimate of drug-likeness (QED) is 0.310. The van der Waals surface area contributed by atoms with Gasteiger partial charge in [-0.3, -0.25) is 0 Å². The minimum Gasteiger partial charge on any atom is -0.453 e. The van der Waals surface area contributed by atoms with E-state index in [0.29, 0.717) is 12.2 Å². The van der Waals surface area contributed by atoms with E-state index in [2.05, 4.69) is 6.92 Å². The summed E-state index contributed by atoms with van der Waals surface area (Å²) in [5.41, 5.74) is 0.606. The molecule has 3 heterocycles. The Bertz CT molecular complexity index is 627. The monoisotopic (exact) mass is 426 g/mol. The molecule has 3 aliphatic rings. The standard InChI is InChI=1S/C23H38O7/c1-7-8-9-10-11-12-13-15(2)20(24)26-18-17(16-14-25-22(3,4)28-16)27-21-19(18)29-23(5,6)30-21/h13,16-19,21H,7-12,14H2,1-6H3/b15-13+/t16-,17-,18+,19-,21-/m1/s1. The molecule has 0 saturated carbocycles. The highest BCUT2D eigenvalue weighted by molar-refractivity contribution is 5.87. The molecule has 0 aromatic carbocycles. The highest BCUT2D eigenvalue weighted by atomic mass is 16.8. The predicted octanol–water partition coefficient (Wildman–Crippen LogP) is 4.23. The second-order valence-corrected chi connectivity index (χ2v) is 9.40. The minimum atomic E-state index is -0.791. The van der Waals surface area contributed by atoms with Crippen LogP contribution in [0.15, 0.2) is 11.6 Å². The number of ether oxygens (including phenoxy) is 6. The van der Waals surface area contributed by atoms with Crippen molar-refractivity contribution in [2.45, 2.75) is 122 Å². The summed E-state index contributed by atoms with van der Waals surface area (Å²) in [5.74, 6) is -1.84. The van der Waals surface area contributed by atoms with Gasteiger partial charge in [-0.1, -0.05) is 38.7 Å². The van der Waals surface area contributed by atoms with Crippen LogP contribution in [0.5, 0.6) is 0 Å². The van der Waals surface area contributed by atoms with E-state index >= 15 is 0 Å². The fourth-order valence-electron chi connectivity index (χ4n) is 4.18. The van der Waals surface area contributed by atoms with Crippen molar-refractivity contribution in [2.24, 2.45) is 0 Å². The molecule has 3 saturated heterocycles. The first-order chi connectivity index (χ1) is 14.1. The van der Waals surface area contributed by atoms with E-state index in [1.165, 1.54) is 25.7 Å². The van der Waals surface area contributed by atoms with Crippen LogP contribution in [0.2, 0.25) is 0 Å². The smallest absolute Gasteiger partial charge is 0.333 e. The average molecular weight is 427 g/mol. The van der Waals surface area contributed by atoms with Crippen LogP contribution in [0.1, 0.15) is 80.1 Å². The molecule has 3 fully saturated rings. The first-order valence-corrected chi connectivity index (χ1v) is 11.3. The van der Waals surface area contributed by atoms with Crippen LogP contribution >= 0.6 is 0 Å². The van der Waals surface area contributed by atoms with Crippen molar-refractivity contribution in [2.75, 3.05) is 6.61 Å². The maximum Gasteiger partial charge on any atom is 0.333 e. The van der Waals surface area contributed by atoms with Gasteiger partial charge in [-0.05, 0) is 47.5 Å². The Morgan fingerprint density at radius 2 is 1.73 bits per heavy atom. The van der Waals surface area contributed by atoms with Crippen molar-refractivity contribution < 1.29 is 33.2 Å². The predicted molar refractivity (Wildman–Crippen MR) is 111 cm³/mol. The van der Waals surface area contributed by atoms with Crippen LogP contribution in [0.4, 0.5) is 0 Å². The van der Waals surface area contributed by atoms with Crippen molar-refractivity contribution in [1.29, 1.82) is 0 Å². The Morgan fingerprint density at radius 3 is 2.40 bits per heavy atom. The average Bonchev–Trinajstić information content (AvgIpc) is 3.27. The van der Waals surface area contributed by atoms with Gasteiger partial charge in [0.05, 0.1) is 6.61 Å². The van der Waals surface area contributed by atoms with E-state index in [1.807, 2.05) is 33.8 Å². The molecule has 3 rings (SSSR count). The number of rotatable bonds is 9. The van der Waals surface area contributed by atoms with Crippen LogP contribution in [-0.2, 0) is 33.2 Å². The number of hydrogen-bond acceptors (Lipinski definition) is 7. The van der Waals surface area contributed by atoms with E-state index in [-0.39, 0.29) is 12.1 Å². The van der Waals surface area contributed by atoms with Crippen LogP contribution in [0, 0.1) is 0 Å². The van der Waals surface area contributed by atoms with Gasteiger partial charge >= 0.3 is 5.97 Å². The lowest BCUT2D eigenvalue weighted by Gasteiger charge is -2.28. The molecule has 0 unspecified atom stereocenters. The number of carbonyl (C=O) groups is 1. The molecule has 0 spiro atoms. The van der Waals surface area contributed by atoms with Gasteiger partial charge in [0.25, 0.3) is 0 Å². The zero-order chi connectivity index (χ0) is 21.9. The van der Waals surface area contributed by atoms with Gasteiger partial charge < -0.3 is 28.4 Å². The molecule has 0 aromatic heterocycles. The van der Waals surface area contributed by atoms with Gasteiger partial charge in [-0.2, -0.15) is 0 Å². The van der Waals surface area contributed by atoms with Crippen molar-refractivity contribution >= 4 is 5.97 Å². The Balaban J connectivity index is 1.61. The first kappa shape index (κ1) is 23.7. The summed E-state index contributed by atoms with van der Waals surface area (Å²) in [6.45, 7) is 11.7. The second kappa shape index (κ2) is 9.65. The summed E-state index contributed by atoms with van der Waals surface area (Å²) in [6, 6.07) is 0. The largest absolute Gasteiger partial charge is 0.453 e. The summed E-state index contributed by atoms with van der Waals surface area (Å²) >= 11 is 0. The molecule has 0 amide bonds. The molecule has 172 valence electrons. The SMILES string of the molecule is CCCCCCC/C=C(\C)C(=O)O[C@@H]1[C@H]2OC(C)(C)O[C@H]2O[C@@H]1[C@H]1COC(C)(C)O1.